The fourth-order valence-corrected chi connectivity index (χ4v) is 2.85. The van der Waals surface area contributed by atoms with E-state index in [4.69, 9.17) is 22.1 Å². The van der Waals surface area contributed by atoms with E-state index >= 15 is 0 Å². The molecule has 0 saturated heterocycles. The summed E-state index contributed by atoms with van der Waals surface area (Å²) >= 11 is 9.55. The van der Waals surface area contributed by atoms with Crippen LogP contribution in [0.2, 0.25) is 5.02 Å². The molecule has 2 N–H and O–H groups in total. The molecule has 124 valence electrons. The first kappa shape index (κ1) is 18.0. The Labute approximate surface area is 151 Å². The minimum atomic E-state index is -0.555. The van der Waals surface area contributed by atoms with E-state index in [2.05, 4.69) is 15.9 Å². The second kappa shape index (κ2) is 7.94. The van der Waals surface area contributed by atoms with Gasteiger partial charge < -0.3 is 10.5 Å². The second-order valence-corrected chi connectivity index (χ2v) is 6.02. The summed E-state index contributed by atoms with van der Waals surface area (Å²) < 4.78 is 6.28. The predicted octanol–water partition coefficient (Wildman–Crippen LogP) is 4.09. The molecule has 0 bridgehead atoms. The van der Waals surface area contributed by atoms with Crippen LogP contribution in [0.25, 0.3) is 6.08 Å². The van der Waals surface area contributed by atoms with Crippen molar-refractivity contribution >= 4 is 45.2 Å². The van der Waals surface area contributed by atoms with Crippen LogP contribution in [-0.4, -0.2) is 10.8 Å². The van der Waals surface area contributed by atoms with Crippen LogP contribution in [0.4, 0.5) is 5.69 Å². The van der Waals surface area contributed by atoms with Crippen molar-refractivity contribution in [1.29, 1.82) is 0 Å². The zero-order valence-corrected chi connectivity index (χ0v) is 14.6. The quantitative estimate of drug-likeness (QED) is 0.440. The van der Waals surface area contributed by atoms with E-state index in [1.165, 1.54) is 18.2 Å². The van der Waals surface area contributed by atoms with Gasteiger partial charge in [0.05, 0.1) is 14.4 Å². The van der Waals surface area contributed by atoms with Gasteiger partial charge in [0.1, 0.15) is 6.61 Å². The summed E-state index contributed by atoms with van der Waals surface area (Å²) in [5.41, 5.74) is 6.52. The minimum absolute atomic E-state index is 0.0172. The molecule has 0 heterocycles. The van der Waals surface area contributed by atoms with Gasteiger partial charge in [-0.05, 0) is 57.4 Å². The van der Waals surface area contributed by atoms with E-state index in [1.807, 2.05) is 0 Å². The molecule has 8 heteroatoms. The van der Waals surface area contributed by atoms with Crippen LogP contribution in [0.5, 0.6) is 5.75 Å². The normalized spacial score (nSPS) is 10.8. The summed E-state index contributed by atoms with van der Waals surface area (Å²) in [5, 5.41) is 11.0. The lowest BCUT2D eigenvalue weighted by molar-refractivity contribution is -0.384. The standard InChI is InChI=1S/C16H12BrClN2O4/c17-13-7-11(3-6-15(19)21)8-14(18)16(13)24-9-10-1-4-12(5-2-10)20(22)23/h1-8H,9H2,(H2,19,21)/b6-3+. The van der Waals surface area contributed by atoms with Crippen LogP contribution in [0.15, 0.2) is 46.9 Å². The average molecular weight is 412 g/mol. The Morgan fingerprint density at radius 1 is 1.33 bits per heavy atom. The predicted molar refractivity (Wildman–Crippen MR) is 94.8 cm³/mol. The monoisotopic (exact) mass is 410 g/mol. The number of halogens is 2. The number of nitro groups is 1. The molecule has 0 atom stereocenters. The first-order valence-electron chi connectivity index (χ1n) is 6.69. The Morgan fingerprint density at radius 3 is 2.54 bits per heavy atom. The molecule has 0 aromatic heterocycles. The maximum atomic E-state index is 10.8. The number of hydrogen-bond donors (Lipinski definition) is 1. The van der Waals surface area contributed by atoms with Crippen molar-refractivity contribution in [3.05, 3.63) is 73.2 Å². The van der Waals surface area contributed by atoms with Crippen LogP contribution < -0.4 is 10.5 Å². The van der Waals surface area contributed by atoms with Crippen LogP contribution in [-0.2, 0) is 11.4 Å². The molecule has 0 spiro atoms. The Morgan fingerprint density at radius 2 is 2.00 bits per heavy atom. The number of amides is 1. The molecule has 0 aliphatic heterocycles. The van der Waals surface area contributed by atoms with Crippen molar-refractivity contribution in [3.63, 3.8) is 0 Å². The van der Waals surface area contributed by atoms with Crippen LogP contribution in [0.1, 0.15) is 11.1 Å². The molecule has 0 aliphatic rings. The largest absolute Gasteiger partial charge is 0.486 e. The van der Waals surface area contributed by atoms with Crippen molar-refractivity contribution in [2.45, 2.75) is 6.61 Å². The highest BCUT2D eigenvalue weighted by atomic mass is 79.9. The fourth-order valence-electron chi connectivity index (χ4n) is 1.86. The number of nitro benzene ring substituents is 1. The van der Waals surface area contributed by atoms with Gasteiger partial charge in [0.25, 0.3) is 5.69 Å². The third-order valence-electron chi connectivity index (χ3n) is 2.99. The van der Waals surface area contributed by atoms with E-state index in [0.717, 1.165) is 5.56 Å². The molecule has 2 aromatic rings. The van der Waals surface area contributed by atoms with E-state index in [9.17, 15) is 14.9 Å². The summed E-state index contributed by atoms with van der Waals surface area (Å²) in [7, 11) is 0. The molecule has 2 rings (SSSR count). The van der Waals surface area contributed by atoms with E-state index in [-0.39, 0.29) is 12.3 Å². The second-order valence-electron chi connectivity index (χ2n) is 4.76. The Balaban J connectivity index is 2.12. The molecule has 1 amide bonds. The number of hydrogen-bond acceptors (Lipinski definition) is 4. The van der Waals surface area contributed by atoms with Gasteiger partial charge in [0.2, 0.25) is 5.91 Å². The molecule has 0 saturated carbocycles. The van der Waals surface area contributed by atoms with Gasteiger partial charge in [-0.3, -0.25) is 14.9 Å². The number of benzene rings is 2. The number of carbonyl (C=O) groups excluding carboxylic acids is 1. The van der Waals surface area contributed by atoms with Crippen LogP contribution in [0, 0.1) is 10.1 Å². The highest BCUT2D eigenvalue weighted by Crippen LogP contribution is 2.35. The van der Waals surface area contributed by atoms with Crippen LogP contribution in [0.3, 0.4) is 0 Å². The number of nitrogens with two attached hydrogens (primary N) is 1. The van der Waals surface area contributed by atoms with E-state index in [1.54, 1.807) is 30.3 Å². The highest BCUT2D eigenvalue weighted by molar-refractivity contribution is 9.10. The van der Waals surface area contributed by atoms with Crippen molar-refractivity contribution in [2.24, 2.45) is 5.73 Å². The lowest BCUT2D eigenvalue weighted by Gasteiger charge is -2.11. The summed E-state index contributed by atoms with van der Waals surface area (Å²) in [4.78, 5) is 20.9. The average Bonchev–Trinajstić information content (AvgIpc) is 2.52. The third kappa shape index (κ3) is 4.81. The SMILES string of the molecule is NC(=O)/C=C/c1cc(Cl)c(OCc2ccc([N+](=O)[O-])cc2)c(Br)c1. The molecular weight excluding hydrogens is 400 g/mol. The lowest BCUT2D eigenvalue weighted by atomic mass is 10.2. The molecular formula is C16H12BrClN2O4. The molecule has 0 unspecified atom stereocenters. The van der Waals surface area contributed by atoms with Gasteiger partial charge in [0, 0.05) is 18.2 Å². The Bertz CT molecular complexity index is 783. The van der Waals surface area contributed by atoms with Gasteiger partial charge >= 0.3 is 0 Å². The van der Waals surface area contributed by atoms with Crippen molar-refractivity contribution in [3.8, 4) is 5.75 Å². The number of nitrogens with zero attached hydrogens (tertiary/aromatic N) is 1. The Hall–Kier alpha value is -2.38. The minimum Gasteiger partial charge on any atom is -0.486 e. The van der Waals surface area contributed by atoms with E-state index in [0.29, 0.717) is 20.8 Å². The number of carbonyl (C=O) groups is 1. The number of ether oxygens (including phenoxy) is 1. The maximum Gasteiger partial charge on any atom is 0.269 e. The smallest absolute Gasteiger partial charge is 0.269 e. The molecule has 0 aliphatic carbocycles. The Kier molecular flexibility index (Phi) is 5.94. The van der Waals surface area contributed by atoms with E-state index < -0.39 is 10.8 Å². The first-order valence-corrected chi connectivity index (χ1v) is 7.86. The van der Waals surface area contributed by atoms with Gasteiger partial charge in [0.15, 0.2) is 5.75 Å². The van der Waals surface area contributed by atoms with Gasteiger partial charge in [-0.25, -0.2) is 0 Å². The molecule has 2 aromatic carbocycles. The number of non-ortho nitro benzene ring substituents is 1. The summed E-state index contributed by atoms with van der Waals surface area (Å²) in [6.07, 6.45) is 2.77. The van der Waals surface area contributed by atoms with Gasteiger partial charge in [-0.1, -0.05) is 11.6 Å². The summed E-state index contributed by atoms with van der Waals surface area (Å²) in [6, 6.07) is 9.42. The van der Waals surface area contributed by atoms with Gasteiger partial charge in [-0.15, -0.1) is 0 Å². The first-order chi connectivity index (χ1) is 11.4. The van der Waals surface area contributed by atoms with Gasteiger partial charge in [-0.2, -0.15) is 0 Å². The molecule has 0 radical (unpaired) electrons. The molecule has 24 heavy (non-hydrogen) atoms. The highest BCUT2D eigenvalue weighted by Gasteiger charge is 2.10. The topological polar surface area (TPSA) is 95.5 Å². The van der Waals surface area contributed by atoms with Crippen molar-refractivity contribution in [2.75, 3.05) is 0 Å². The summed E-state index contributed by atoms with van der Waals surface area (Å²) in [5.74, 6) is -0.119. The van der Waals surface area contributed by atoms with Crippen molar-refractivity contribution < 1.29 is 14.5 Å². The zero-order valence-electron chi connectivity index (χ0n) is 12.2. The van der Waals surface area contributed by atoms with Crippen molar-refractivity contribution in [1.82, 2.24) is 0 Å². The number of rotatable bonds is 6. The zero-order chi connectivity index (χ0) is 17.7. The lowest BCUT2D eigenvalue weighted by Crippen LogP contribution is -2.05. The number of primary amides is 1. The third-order valence-corrected chi connectivity index (χ3v) is 3.86. The van der Waals surface area contributed by atoms with Crippen LogP contribution >= 0.6 is 27.5 Å². The maximum absolute atomic E-state index is 10.8. The molecule has 0 fully saturated rings. The fraction of sp³-hybridized carbons (Fsp3) is 0.0625. The summed E-state index contributed by atoms with van der Waals surface area (Å²) in [6.45, 7) is 0.201. The molecule has 6 nitrogen and oxygen atoms in total.